The summed E-state index contributed by atoms with van der Waals surface area (Å²) in [5, 5.41) is -4.49. The largest absolute Gasteiger partial charge is 0.458 e. The Morgan fingerprint density at radius 3 is 1.59 bits per heavy atom. The van der Waals surface area contributed by atoms with E-state index in [4.69, 9.17) is 15.2 Å². The van der Waals surface area contributed by atoms with E-state index < -0.39 is 38.3 Å². The monoisotopic (exact) mass is 528 g/mol. The minimum atomic E-state index is -5.58. The second-order valence-corrected chi connectivity index (χ2v) is 12.1. The molecule has 0 spiro atoms. The molecule has 0 fully saturated rings. The second-order valence-electron chi connectivity index (χ2n) is 7.11. The predicted octanol–water partition coefficient (Wildman–Crippen LogP) is 6.38. The summed E-state index contributed by atoms with van der Waals surface area (Å²) in [5.74, 6) is -0.826. The standard InChI is InChI=1S/C24H23ClF2O5S2/c25-18-10-17-23(28)31-19-24(26,27)34(29,30)32-33(20-11-4-1-5-12-20,21-13-6-2-7-14-21)22-15-8-3-9-16-22/h1-9,11-16H,10,17-19H2. The molecule has 3 aromatic rings. The van der Waals surface area contributed by atoms with Crippen molar-refractivity contribution in [2.24, 2.45) is 0 Å². The van der Waals surface area contributed by atoms with Crippen LogP contribution in [0.25, 0.3) is 0 Å². The zero-order chi connectivity index (χ0) is 24.7. The summed E-state index contributed by atoms with van der Waals surface area (Å²) in [6, 6.07) is 25.1. The Labute approximate surface area is 204 Å². The SMILES string of the molecule is O=C(CCCCl)OCC(F)(F)S(=O)(=O)OS(c1ccccc1)(c1ccccc1)c1ccccc1. The van der Waals surface area contributed by atoms with E-state index >= 15 is 0 Å². The van der Waals surface area contributed by atoms with Gasteiger partial charge in [-0.05, 0) is 53.1 Å². The quantitative estimate of drug-likeness (QED) is 0.213. The minimum Gasteiger partial charge on any atom is -0.458 e. The summed E-state index contributed by atoms with van der Waals surface area (Å²) in [5.41, 5.74) is 0. The lowest BCUT2D eigenvalue weighted by atomic mass is 10.3. The van der Waals surface area contributed by atoms with Crippen LogP contribution in [-0.2, 0) is 23.3 Å². The third kappa shape index (κ3) is 5.78. The highest BCUT2D eigenvalue weighted by atomic mass is 35.5. The van der Waals surface area contributed by atoms with E-state index in [-0.39, 0.29) is 18.7 Å². The third-order valence-electron chi connectivity index (χ3n) is 4.70. The Balaban J connectivity index is 2.10. The number of alkyl halides is 3. The summed E-state index contributed by atoms with van der Waals surface area (Å²) in [4.78, 5) is 12.9. The average Bonchev–Trinajstić information content (AvgIpc) is 2.86. The van der Waals surface area contributed by atoms with Gasteiger partial charge in [-0.25, -0.2) is 3.63 Å². The molecule has 5 nitrogen and oxygen atoms in total. The van der Waals surface area contributed by atoms with Crippen LogP contribution < -0.4 is 0 Å². The van der Waals surface area contributed by atoms with Gasteiger partial charge in [0.15, 0.2) is 6.61 Å². The van der Waals surface area contributed by atoms with Gasteiger partial charge in [0.2, 0.25) is 0 Å². The molecule has 0 N–H and O–H groups in total. The van der Waals surface area contributed by atoms with E-state index in [0.717, 1.165) is 0 Å². The molecule has 34 heavy (non-hydrogen) atoms. The van der Waals surface area contributed by atoms with Crippen LogP contribution in [0.1, 0.15) is 12.8 Å². The van der Waals surface area contributed by atoms with Crippen molar-refractivity contribution in [2.75, 3.05) is 12.5 Å². The fourth-order valence-electron chi connectivity index (χ4n) is 3.07. The lowest BCUT2D eigenvalue weighted by Gasteiger charge is -2.40. The molecule has 0 radical (unpaired) electrons. The minimum absolute atomic E-state index is 0.143. The first-order chi connectivity index (χ1) is 16.2. The highest BCUT2D eigenvalue weighted by Gasteiger charge is 2.52. The van der Waals surface area contributed by atoms with Crippen molar-refractivity contribution in [2.45, 2.75) is 32.8 Å². The van der Waals surface area contributed by atoms with E-state index in [2.05, 4.69) is 4.74 Å². The molecule has 0 aliphatic rings. The molecule has 0 heterocycles. The van der Waals surface area contributed by atoms with E-state index in [1.165, 1.54) is 0 Å². The summed E-state index contributed by atoms with van der Waals surface area (Å²) in [7, 11) is -8.73. The number of esters is 1. The van der Waals surface area contributed by atoms with Gasteiger partial charge >= 0.3 is 21.3 Å². The fraction of sp³-hybridized carbons (Fsp3) is 0.208. The maximum absolute atomic E-state index is 15.0. The van der Waals surface area contributed by atoms with E-state index in [9.17, 15) is 22.0 Å². The molecule has 0 unspecified atom stereocenters. The molecule has 182 valence electrons. The van der Waals surface area contributed by atoms with Crippen molar-refractivity contribution in [1.29, 1.82) is 0 Å². The van der Waals surface area contributed by atoms with Crippen molar-refractivity contribution >= 4 is 38.0 Å². The zero-order valence-electron chi connectivity index (χ0n) is 18.0. The first-order valence-electron chi connectivity index (χ1n) is 10.3. The smallest absolute Gasteiger partial charge is 0.403 e. The number of benzene rings is 3. The summed E-state index contributed by atoms with van der Waals surface area (Å²) in [6.45, 7) is -1.66. The van der Waals surface area contributed by atoms with Gasteiger partial charge in [-0.15, -0.1) is 11.6 Å². The number of hydrogen-bond acceptors (Lipinski definition) is 5. The van der Waals surface area contributed by atoms with Crippen molar-refractivity contribution < 1.29 is 30.4 Å². The first-order valence-corrected chi connectivity index (χ1v) is 13.8. The molecule has 3 aromatic carbocycles. The molecular weight excluding hydrogens is 506 g/mol. The molecule has 0 saturated heterocycles. The number of ether oxygens (including phenoxy) is 1. The first kappa shape index (κ1) is 26.2. The molecule has 0 amide bonds. The fourth-order valence-corrected chi connectivity index (χ4v) is 8.26. The van der Waals surface area contributed by atoms with Gasteiger partial charge in [-0.2, -0.15) is 17.2 Å². The Hall–Kier alpha value is -2.46. The highest BCUT2D eigenvalue weighted by Crippen LogP contribution is 2.70. The Morgan fingerprint density at radius 1 is 0.794 bits per heavy atom. The van der Waals surface area contributed by atoms with Crippen LogP contribution in [0, 0.1) is 0 Å². The van der Waals surface area contributed by atoms with Crippen LogP contribution in [-0.4, -0.2) is 32.1 Å². The van der Waals surface area contributed by atoms with Crippen molar-refractivity contribution in [3.63, 3.8) is 0 Å². The van der Waals surface area contributed by atoms with Gasteiger partial charge in [-0.1, -0.05) is 54.6 Å². The second kappa shape index (κ2) is 11.3. The van der Waals surface area contributed by atoms with Crippen LogP contribution in [0.2, 0.25) is 0 Å². The van der Waals surface area contributed by atoms with Gasteiger partial charge in [0.25, 0.3) is 0 Å². The molecule has 0 atom stereocenters. The zero-order valence-corrected chi connectivity index (χ0v) is 20.4. The molecule has 0 aliphatic heterocycles. The lowest BCUT2D eigenvalue weighted by Crippen LogP contribution is -2.37. The van der Waals surface area contributed by atoms with Gasteiger partial charge in [-0.3, -0.25) is 4.79 Å². The molecule has 3 rings (SSSR count). The van der Waals surface area contributed by atoms with Crippen molar-refractivity contribution in [3.8, 4) is 0 Å². The molecule has 0 saturated carbocycles. The van der Waals surface area contributed by atoms with Crippen molar-refractivity contribution in [3.05, 3.63) is 91.0 Å². The number of carbonyl (C=O) groups is 1. The molecular formula is C24H23ClF2O5S2. The number of carbonyl (C=O) groups excluding carboxylic acids is 1. The summed E-state index contributed by atoms with van der Waals surface area (Å²) >= 11 is 5.49. The van der Waals surface area contributed by atoms with E-state index in [1.807, 2.05) is 0 Å². The van der Waals surface area contributed by atoms with Gasteiger partial charge < -0.3 is 4.74 Å². The lowest BCUT2D eigenvalue weighted by molar-refractivity contribution is -0.149. The van der Waals surface area contributed by atoms with Gasteiger partial charge in [0.1, 0.15) is 0 Å². The van der Waals surface area contributed by atoms with Crippen LogP contribution in [0.5, 0.6) is 0 Å². The number of halogens is 3. The summed E-state index contributed by atoms with van der Waals surface area (Å²) in [6.07, 6.45) is 0.0200. The average molecular weight is 529 g/mol. The number of rotatable bonds is 11. The maximum atomic E-state index is 15.0. The topological polar surface area (TPSA) is 69.7 Å². The number of hydrogen-bond donors (Lipinski definition) is 0. The normalized spacial score (nSPS) is 12.8. The third-order valence-corrected chi connectivity index (χ3v) is 10.2. The molecule has 0 aliphatic carbocycles. The van der Waals surface area contributed by atoms with Gasteiger partial charge in [0, 0.05) is 27.0 Å². The van der Waals surface area contributed by atoms with E-state index in [1.54, 1.807) is 91.0 Å². The van der Waals surface area contributed by atoms with Crippen LogP contribution in [0.15, 0.2) is 106 Å². The van der Waals surface area contributed by atoms with Crippen LogP contribution in [0.4, 0.5) is 8.78 Å². The predicted molar refractivity (Wildman–Crippen MR) is 128 cm³/mol. The van der Waals surface area contributed by atoms with Crippen LogP contribution >= 0.6 is 21.9 Å². The molecule has 10 heteroatoms. The Bertz CT molecular complexity index is 1080. The van der Waals surface area contributed by atoms with E-state index in [0.29, 0.717) is 14.7 Å². The Kier molecular flexibility index (Phi) is 8.70. The highest BCUT2D eigenvalue weighted by molar-refractivity contribution is 8.33. The summed E-state index contributed by atoms with van der Waals surface area (Å²) < 4.78 is 66.1. The molecule has 0 aromatic heterocycles. The van der Waals surface area contributed by atoms with Crippen molar-refractivity contribution in [1.82, 2.24) is 0 Å². The molecule has 0 bridgehead atoms. The van der Waals surface area contributed by atoms with Crippen LogP contribution in [0.3, 0.4) is 0 Å². The maximum Gasteiger partial charge on any atom is 0.403 e. The Morgan fingerprint density at radius 2 is 1.21 bits per heavy atom. The van der Waals surface area contributed by atoms with Gasteiger partial charge in [0.05, 0.1) is 0 Å².